The van der Waals surface area contributed by atoms with Gasteiger partial charge in [-0.3, -0.25) is 0 Å². The van der Waals surface area contributed by atoms with E-state index in [9.17, 15) is 0 Å². The van der Waals surface area contributed by atoms with E-state index in [-0.39, 0.29) is 0 Å². The van der Waals surface area contributed by atoms with E-state index in [4.69, 9.17) is 0 Å². The van der Waals surface area contributed by atoms with Crippen molar-refractivity contribution in [2.75, 3.05) is 0 Å². The van der Waals surface area contributed by atoms with E-state index in [0.29, 0.717) is 0 Å². The van der Waals surface area contributed by atoms with Gasteiger partial charge in [-0.2, -0.15) is 0 Å². The van der Waals surface area contributed by atoms with Gasteiger partial charge in [0.2, 0.25) is 0 Å². The Balaban J connectivity index is 1.93. The summed E-state index contributed by atoms with van der Waals surface area (Å²) in [6.07, 6.45) is 0. The number of rotatable bonds is 5. The summed E-state index contributed by atoms with van der Waals surface area (Å²) in [5.41, 5.74) is 0. The minimum atomic E-state index is -2.26. The monoisotopic (exact) mass is 444 g/mol. The number of benzene rings is 5. The van der Waals surface area contributed by atoms with E-state index in [1.165, 1.54) is 26.3 Å². The van der Waals surface area contributed by atoms with Gasteiger partial charge in [0.1, 0.15) is 15.2 Å². The van der Waals surface area contributed by atoms with Gasteiger partial charge in [-0.25, -0.2) is 0 Å². The highest BCUT2D eigenvalue weighted by Gasteiger charge is 2.53. The molecule has 0 nitrogen and oxygen atoms in total. The quantitative estimate of drug-likeness (QED) is 0.335. The van der Waals surface area contributed by atoms with Crippen molar-refractivity contribution in [3.8, 4) is 0 Å². The summed E-state index contributed by atoms with van der Waals surface area (Å²) in [5.74, 6) is 0. The van der Waals surface area contributed by atoms with Crippen LogP contribution in [0.15, 0.2) is 133 Å². The standard InChI is InChI=1S/C30H28Si2/c1-31(26-17-6-3-7-18-26,27-19-8-4-9-20-27)32(2,28-21-10-5-11-22-28)30-24-14-16-25-15-12-13-23-29(25)30/h3-24H,1-2H3/t32-/m0/s1. The van der Waals surface area contributed by atoms with E-state index >= 15 is 0 Å². The van der Waals surface area contributed by atoms with Gasteiger partial charge in [-0.15, -0.1) is 0 Å². The lowest BCUT2D eigenvalue weighted by atomic mass is 10.1. The molecule has 1 atom stereocenters. The van der Waals surface area contributed by atoms with E-state index in [1.54, 1.807) is 5.19 Å². The number of hydrogen-bond donors (Lipinski definition) is 0. The second-order valence-corrected chi connectivity index (χ2v) is 21.6. The Morgan fingerprint density at radius 2 is 0.781 bits per heavy atom. The second-order valence-electron chi connectivity index (χ2n) is 8.87. The highest BCUT2D eigenvalue weighted by molar-refractivity contribution is 7.59. The third-order valence-electron chi connectivity index (χ3n) is 7.38. The Kier molecular flexibility index (Phi) is 5.42. The van der Waals surface area contributed by atoms with Crippen LogP contribution in [0.25, 0.3) is 10.8 Å². The van der Waals surface area contributed by atoms with Gasteiger partial charge >= 0.3 is 0 Å². The molecule has 0 bridgehead atoms. The van der Waals surface area contributed by atoms with Gasteiger partial charge in [-0.05, 0) is 16.0 Å². The molecule has 0 saturated carbocycles. The first kappa shape index (κ1) is 20.7. The molecular weight excluding hydrogens is 417 g/mol. The molecule has 0 aromatic heterocycles. The van der Waals surface area contributed by atoms with Crippen LogP contribution in [-0.4, -0.2) is 15.2 Å². The molecule has 0 heterocycles. The van der Waals surface area contributed by atoms with E-state index in [1.807, 2.05) is 0 Å². The molecular formula is C30H28Si2. The molecule has 0 aliphatic rings. The van der Waals surface area contributed by atoms with Gasteiger partial charge in [0.15, 0.2) is 0 Å². The Morgan fingerprint density at radius 3 is 1.31 bits per heavy atom. The van der Waals surface area contributed by atoms with Crippen molar-refractivity contribution in [1.29, 1.82) is 0 Å². The molecule has 0 amide bonds. The van der Waals surface area contributed by atoms with Gasteiger partial charge in [0.25, 0.3) is 0 Å². The van der Waals surface area contributed by atoms with E-state index in [2.05, 4.69) is 147 Å². The fourth-order valence-electron chi connectivity index (χ4n) is 5.43. The summed E-state index contributed by atoms with van der Waals surface area (Å²) in [6.45, 7) is 5.23. The molecule has 0 saturated heterocycles. The number of fused-ring (bicyclic) bond motifs is 1. The van der Waals surface area contributed by atoms with Crippen LogP contribution in [0.3, 0.4) is 0 Å². The maximum atomic E-state index is 2.62. The zero-order valence-electron chi connectivity index (χ0n) is 18.7. The van der Waals surface area contributed by atoms with Crippen molar-refractivity contribution in [2.45, 2.75) is 13.1 Å². The second kappa shape index (κ2) is 8.38. The predicted molar refractivity (Wildman–Crippen MR) is 145 cm³/mol. The summed E-state index contributed by atoms with van der Waals surface area (Å²) in [7, 11) is -4.48. The predicted octanol–water partition coefficient (Wildman–Crippen LogP) is 5.00. The van der Waals surface area contributed by atoms with Crippen LogP contribution in [0.4, 0.5) is 0 Å². The summed E-state index contributed by atoms with van der Waals surface area (Å²) >= 11 is 0. The highest BCUT2D eigenvalue weighted by Crippen LogP contribution is 2.24. The first-order chi connectivity index (χ1) is 15.7. The topological polar surface area (TPSA) is 0 Å². The summed E-state index contributed by atoms with van der Waals surface area (Å²) in [6, 6.07) is 49.8. The van der Waals surface area contributed by atoms with Gasteiger partial charge in [-0.1, -0.05) is 162 Å². The van der Waals surface area contributed by atoms with E-state index in [0.717, 1.165) is 0 Å². The van der Waals surface area contributed by atoms with Crippen LogP contribution in [0.5, 0.6) is 0 Å². The Labute approximate surface area is 193 Å². The third kappa shape index (κ3) is 3.19. The minimum absolute atomic E-state index is 1.33. The molecule has 5 rings (SSSR count). The molecule has 32 heavy (non-hydrogen) atoms. The normalized spacial score (nSPS) is 13.6. The van der Waals surface area contributed by atoms with Crippen LogP contribution in [-0.2, 0) is 0 Å². The molecule has 0 aliphatic heterocycles. The number of hydrogen-bond acceptors (Lipinski definition) is 0. The van der Waals surface area contributed by atoms with E-state index < -0.39 is 15.2 Å². The maximum absolute atomic E-state index is 2.62. The SMILES string of the molecule is C[Si](c1ccccc1)(c1ccccc1)[Si@@](C)(c1ccccc1)c1cccc2ccccc12. The van der Waals surface area contributed by atoms with Gasteiger partial charge in [0.05, 0.1) is 0 Å². The van der Waals surface area contributed by atoms with Gasteiger partial charge in [0, 0.05) is 0 Å². The Morgan fingerprint density at radius 1 is 0.375 bits per heavy atom. The summed E-state index contributed by atoms with van der Waals surface area (Å²) < 4.78 is 0. The zero-order valence-corrected chi connectivity index (χ0v) is 20.7. The lowest BCUT2D eigenvalue weighted by molar-refractivity contribution is 1.68. The summed E-state index contributed by atoms with van der Waals surface area (Å²) in [5, 5.41) is 8.81. The van der Waals surface area contributed by atoms with Crippen LogP contribution < -0.4 is 20.7 Å². The Hall–Kier alpha value is -3.21. The first-order valence-corrected chi connectivity index (χ1v) is 17.3. The van der Waals surface area contributed by atoms with Crippen LogP contribution >= 0.6 is 0 Å². The summed E-state index contributed by atoms with van der Waals surface area (Å²) in [4.78, 5) is 0. The van der Waals surface area contributed by atoms with Crippen molar-refractivity contribution >= 4 is 46.7 Å². The lowest BCUT2D eigenvalue weighted by Crippen LogP contribution is -2.83. The molecule has 2 heteroatoms. The highest BCUT2D eigenvalue weighted by atomic mass is 29.3. The Bertz CT molecular complexity index is 1290. The average Bonchev–Trinajstić information content (AvgIpc) is 2.89. The third-order valence-corrected chi connectivity index (χ3v) is 24.8. The van der Waals surface area contributed by atoms with Crippen molar-refractivity contribution in [2.24, 2.45) is 0 Å². The molecule has 5 aromatic carbocycles. The lowest BCUT2D eigenvalue weighted by Gasteiger charge is -2.46. The largest absolute Gasteiger partial charge is 0.119 e. The van der Waals surface area contributed by atoms with Crippen LogP contribution in [0.2, 0.25) is 13.1 Å². The molecule has 156 valence electrons. The van der Waals surface area contributed by atoms with Crippen LogP contribution in [0, 0.1) is 0 Å². The van der Waals surface area contributed by atoms with Gasteiger partial charge < -0.3 is 0 Å². The average molecular weight is 445 g/mol. The van der Waals surface area contributed by atoms with Crippen molar-refractivity contribution < 1.29 is 0 Å². The molecule has 0 spiro atoms. The van der Waals surface area contributed by atoms with Crippen molar-refractivity contribution in [3.05, 3.63) is 133 Å². The fourth-order valence-corrected chi connectivity index (χ4v) is 21.1. The molecule has 0 radical (unpaired) electrons. The van der Waals surface area contributed by atoms with Crippen LogP contribution in [0.1, 0.15) is 0 Å². The van der Waals surface area contributed by atoms with Crippen molar-refractivity contribution in [1.82, 2.24) is 0 Å². The first-order valence-electron chi connectivity index (χ1n) is 11.3. The molecule has 0 aliphatic carbocycles. The fraction of sp³-hybridized carbons (Fsp3) is 0.0667. The molecule has 0 fully saturated rings. The molecule has 0 N–H and O–H groups in total. The smallest absolute Gasteiger partial charge is 0.0628 e. The molecule has 0 unspecified atom stereocenters. The maximum Gasteiger partial charge on any atom is 0.119 e. The van der Waals surface area contributed by atoms with Crippen molar-refractivity contribution in [3.63, 3.8) is 0 Å². The molecule has 5 aromatic rings. The zero-order chi connectivity index (χ0) is 22.0. The minimum Gasteiger partial charge on any atom is -0.0628 e.